The number of hydrogen-bond acceptors (Lipinski definition) is 6. The van der Waals surface area contributed by atoms with E-state index in [0.717, 1.165) is 11.1 Å². The van der Waals surface area contributed by atoms with E-state index in [0.29, 0.717) is 11.7 Å². The Balaban J connectivity index is 1.61. The van der Waals surface area contributed by atoms with Crippen molar-refractivity contribution in [1.82, 2.24) is 10.3 Å². The van der Waals surface area contributed by atoms with Gasteiger partial charge in [-0.1, -0.05) is 60.7 Å². The molecule has 0 radical (unpaired) electrons. The maximum atomic E-state index is 12.2. The number of benzene rings is 2. The van der Waals surface area contributed by atoms with E-state index in [-0.39, 0.29) is 19.4 Å². The summed E-state index contributed by atoms with van der Waals surface area (Å²) >= 11 is 0. The first-order chi connectivity index (χ1) is 14.1. The molecule has 7 heteroatoms. The molecule has 1 heterocycles. The maximum absolute atomic E-state index is 12.2. The fraction of sp³-hybridized carbons (Fsp3) is 0.227. The van der Waals surface area contributed by atoms with E-state index in [4.69, 9.17) is 13.9 Å². The van der Waals surface area contributed by atoms with E-state index in [2.05, 4.69) is 10.3 Å². The number of carbonyl (C=O) groups excluding carboxylic acids is 2. The fourth-order valence-electron chi connectivity index (χ4n) is 2.74. The Kier molecular flexibility index (Phi) is 7.00. The van der Waals surface area contributed by atoms with Gasteiger partial charge in [0.1, 0.15) is 6.61 Å². The molecule has 150 valence electrons. The van der Waals surface area contributed by atoms with Crippen LogP contribution in [0.15, 0.2) is 71.3 Å². The molecule has 1 N–H and O–H groups in total. The van der Waals surface area contributed by atoms with Crippen molar-refractivity contribution in [1.29, 1.82) is 0 Å². The normalized spacial score (nSPS) is 11.5. The van der Waals surface area contributed by atoms with Crippen LogP contribution in [0.25, 0.3) is 11.3 Å². The van der Waals surface area contributed by atoms with E-state index < -0.39 is 18.1 Å². The molecule has 1 amide bonds. The number of oxazole rings is 1. The van der Waals surface area contributed by atoms with Gasteiger partial charge in [0.15, 0.2) is 11.7 Å². The Bertz CT molecular complexity index is 925. The molecule has 0 bridgehead atoms. The molecule has 3 rings (SSSR count). The van der Waals surface area contributed by atoms with Crippen molar-refractivity contribution in [3.8, 4) is 11.3 Å². The highest BCUT2D eigenvalue weighted by atomic mass is 16.5. The van der Waals surface area contributed by atoms with Crippen molar-refractivity contribution < 1.29 is 23.5 Å². The van der Waals surface area contributed by atoms with Crippen molar-refractivity contribution in [2.24, 2.45) is 0 Å². The number of methoxy groups -OCH3 is 1. The first-order valence-corrected chi connectivity index (χ1v) is 9.18. The lowest BCUT2D eigenvalue weighted by molar-refractivity contribution is -0.141. The summed E-state index contributed by atoms with van der Waals surface area (Å²) in [7, 11) is 1.30. The first-order valence-electron chi connectivity index (χ1n) is 9.18. The van der Waals surface area contributed by atoms with Gasteiger partial charge in [-0.15, -0.1) is 0 Å². The second-order valence-corrected chi connectivity index (χ2v) is 6.37. The lowest BCUT2D eigenvalue weighted by Crippen LogP contribution is -2.38. The predicted molar refractivity (Wildman–Crippen MR) is 106 cm³/mol. The minimum absolute atomic E-state index is 0.0278. The minimum Gasteiger partial charge on any atom is -0.469 e. The molecule has 29 heavy (non-hydrogen) atoms. The van der Waals surface area contributed by atoms with Crippen molar-refractivity contribution >= 4 is 12.1 Å². The van der Waals surface area contributed by atoms with Crippen LogP contribution in [-0.2, 0) is 27.3 Å². The van der Waals surface area contributed by atoms with E-state index >= 15 is 0 Å². The molecule has 1 atom stereocenters. The van der Waals surface area contributed by atoms with Crippen LogP contribution in [0.1, 0.15) is 17.9 Å². The summed E-state index contributed by atoms with van der Waals surface area (Å²) in [4.78, 5) is 28.2. The number of rotatable bonds is 8. The molecule has 0 aliphatic carbocycles. The van der Waals surface area contributed by atoms with Gasteiger partial charge in [0.05, 0.1) is 25.8 Å². The molecular formula is C22H22N2O5. The number of amides is 1. The second kappa shape index (κ2) is 10.1. The number of esters is 1. The first kappa shape index (κ1) is 20.1. The summed E-state index contributed by atoms with van der Waals surface area (Å²) < 4.78 is 15.7. The summed E-state index contributed by atoms with van der Waals surface area (Å²) in [5.41, 5.74) is 1.76. The van der Waals surface area contributed by atoms with Gasteiger partial charge < -0.3 is 19.2 Å². The smallest absolute Gasteiger partial charge is 0.407 e. The Morgan fingerprint density at radius 1 is 1.07 bits per heavy atom. The quantitative estimate of drug-likeness (QED) is 0.585. The number of hydrogen-bond donors (Lipinski definition) is 1. The SMILES string of the molecule is COC(=O)C[C@H](Cc1ncc(-c2ccccc2)o1)NC(=O)OCc1ccccc1. The Labute approximate surface area is 168 Å². The molecule has 0 aliphatic heterocycles. The summed E-state index contributed by atoms with van der Waals surface area (Å²) in [6.45, 7) is 0.134. The molecule has 2 aromatic carbocycles. The third kappa shape index (κ3) is 6.21. The van der Waals surface area contributed by atoms with Gasteiger partial charge >= 0.3 is 12.1 Å². The molecule has 0 spiro atoms. The molecule has 0 saturated carbocycles. The van der Waals surface area contributed by atoms with Gasteiger partial charge in [-0.25, -0.2) is 9.78 Å². The predicted octanol–water partition coefficient (Wildman–Crippen LogP) is 3.74. The summed E-state index contributed by atoms with van der Waals surface area (Å²) in [6.07, 6.45) is 1.19. The van der Waals surface area contributed by atoms with Crippen LogP contribution in [0.4, 0.5) is 4.79 Å². The summed E-state index contributed by atoms with van der Waals surface area (Å²) in [5.74, 6) is 0.568. The maximum Gasteiger partial charge on any atom is 0.407 e. The average molecular weight is 394 g/mol. The number of alkyl carbamates (subject to hydrolysis) is 1. The number of aromatic nitrogens is 1. The van der Waals surface area contributed by atoms with Crippen LogP contribution in [0.5, 0.6) is 0 Å². The zero-order valence-corrected chi connectivity index (χ0v) is 16.0. The Hall–Kier alpha value is -3.61. The van der Waals surface area contributed by atoms with Crippen molar-refractivity contribution in [2.75, 3.05) is 7.11 Å². The monoisotopic (exact) mass is 394 g/mol. The topological polar surface area (TPSA) is 90.7 Å². The van der Waals surface area contributed by atoms with E-state index in [1.165, 1.54) is 7.11 Å². The standard InChI is InChI=1S/C22H22N2O5/c1-27-21(25)13-18(24-22(26)28-15-16-8-4-2-5-9-16)12-20-23-14-19(29-20)17-10-6-3-7-11-17/h2-11,14,18H,12-13,15H2,1H3,(H,24,26)/t18-/m0/s1. The molecule has 0 aliphatic rings. The van der Waals surface area contributed by atoms with Crippen molar-refractivity contribution in [3.05, 3.63) is 78.3 Å². The van der Waals surface area contributed by atoms with E-state index in [1.54, 1.807) is 6.20 Å². The number of nitrogens with one attached hydrogen (secondary N) is 1. The lowest BCUT2D eigenvalue weighted by Gasteiger charge is -2.16. The number of nitrogens with zero attached hydrogens (tertiary/aromatic N) is 1. The summed E-state index contributed by atoms with van der Waals surface area (Å²) in [6, 6.07) is 18.3. The molecule has 7 nitrogen and oxygen atoms in total. The molecular weight excluding hydrogens is 372 g/mol. The third-order valence-electron chi connectivity index (χ3n) is 4.21. The van der Waals surface area contributed by atoms with Gasteiger partial charge in [-0.3, -0.25) is 4.79 Å². The van der Waals surface area contributed by atoms with Crippen molar-refractivity contribution in [2.45, 2.75) is 25.5 Å². The molecule has 3 aromatic rings. The van der Waals surface area contributed by atoms with Gasteiger partial charge in [0.2, 0.25) is 0 Å². The van der Waals surface area contributed by atoms with Gasteiger partial charge in [-0.05, 0) is 5.56 Å². The van der Waals surface area contributed by atoms with Crippen LogP contribution >= 0.6 is 0 Å². The zero-order chi connectivity index (χ0) is 20.5. The Morgan fingerprint density at radius 3 is 2.45 bits per heavy atom. The highest BCUT2D eigenvalue weighted by Crippen LogP contribution is 2.20. The third-order valence-corrected chi connectivity index (χ3v) is 4.21. The van der Waals surface area contributed by atoms with Gasteiger partial charge in [0, 0.05) is 12.0 Å². The molecule has 0 saturated heterocycles. The highest BCUT2D eigenvalue weighted by molar-refractivity contribution is 5.72. The molecule has 0 fully saturated rings. The number of carbonyl (C=O) groups is 2. The largest absolute Gasteiger partial charge is 0.469 e. The average Bonchev–Trinajstić information content (AvgIpc) is 3.22. The molecule has 1 aromatic heterocycles. The second-order valence-electron chi connectivity index (χ2n) is 6.37. The van der Waals surface area contributed by atoms with E-state index in [9.17, 15) is 9.59 Å². The van der Waals surface area contributed by atoms with Crippen molar-refractivity contribution in [3.63, 3.8) is 0 Å². The minimum atomic E-state index is -0.627. The number of ether oxygens (including phenoxy) is 2. The summed E-state index contributed by atoms with van der Waals surface area (Å²) in [5, 5.41) is 2.69. The lowest BCUT2D eigenvalue weighted by atomic mass is 10.1. The van der Waals surface area contributed by atoms with Crippen LogP contribution in [0, 0.1) is 0 Å². The van der Waals surface area contributed by atoms with Crippen LogP contribution in [0.2, 0.25) is 0 Å². The highest BCUT2D eigenvalue weighted by Gasteiger charge is 2.21. The van der Waals surface area contributed by atoms with Crippen LogP contribution in [0.3, 0.4) is 0 Å². The Morgan fingerprint density at radius 2 is 1.76 bits per heavy atom. The molecule has 0 unspecified atom stereocenters. The fourth-order valence-corrected chi connectivity index (χ4v) is 2.74. The zero-order valence-electron chi connectivity index (χ0n) is 16.0. The van der Waals surface area contributed by atoms with Crippen LogP contribution in [-0.4, -0.2) is 30.2 Å². The van der Waals surface area contributed by atoms with E-state index in [1.807, 2.05) is 60.7 Å². The van der Waals surface area contributed by atoms with Gasteiger partial charge in [-0.2, -0.15) is 0 Å². The van der Waals surface area contributed by atoms with Crippen LogP contribution < -0.4 is 5.32 Å². The van der Waals surface area contributed by atoms with Gasteiger partial charge in [0.25, 0.3) is 0 Å².